The lowest BCUT2D eigenvalue weighted by Crippen LogP contribution is -2.38. The standard InChI is InChI=1S/C25H30ClN5O2/c1-15-14-31-22(28-24(15)16-9-10-17(27)12-16)13-19(29-31)20-7-3-4-11-30(20)25(32)18-6-5-8-21(33-2)23(18)26/h5-6,8,13-14,16-17,20H,3-4,7,9-12,27H2,1-2H3/t16?,17-,20-/m0/s1. The molecule has 0 radical (unpaired) electrons. The van der Waals surface area contributed by atoms with Crippen LogP contribution in [-0.4, -0.2) is 45.1 Å². The summed E-state index contributed by atoms with van der Waals surface area (Å²) in [6, 6.07) is 7.49. The van der Waals surface area contributed by atoms with Crippen molar-refractivity contribution < 1.29 is 9.53 Å². The van der Waals surface area contributed by atoms with Gasteiger partial charge in [-0.05, 0) is 63.1 Å². The largest absolute Gasteiger partial charge is 0.495 e. The van der Waals surface area contributed by atoms with E-state index in [4.69, 9.17) is 32.2 Å². The Hall–Kier alpha value is -2.64. The molecule has 3 aromatic rings. The van der Waals surface area contributed by atoms with Gasteiger partial charge in [0.15, 0.2) is 5.65 Å². The predicted molar refractivity (Wildman–Crippen MR) is 128 cm³/mol. The van der Waals surface area contributed by atoms with Crippen LogP contribution >= 0.6 is 11.6 Å². The maximum Gasteiger partial charge on any atom is 0.256 e. The molecule has 8 heteroatoms. The van der Waals surface area contributed by atoms with Crippen LogP contribution in [0.1, 0.15) is 77.8 Å². The van der Waals surface area contributed by atoms with Crippen molar-refractivity contribution in [3.63, 3.8) is 0 Å². The second-order valence-electron chi connectivity index (χ2n) is 9.28. The van der Waals surface area contributed by atoms with Gasteiger partial charge in [0.05, 0.1) is 35.1 Å². The molecule has 2 fully saturated rings. The molecule has 0 spiro atoms. The SMILES string of the molecule is COc1cccc(C(=O)N2CCCC[C@H]2c2cc3nc(C4CC[C@H](N)C4)c(C)cn3n2)c1Cl. The zero-order valence-electron chi connectivity index (χ0n) is 19.1. The van der Waals surface area contributed by atoms with Gasteiger partial charge in [-0.3, -0.25) is 4.79 Å². The predicted octanol–water partition coefficient (Wildman–Crippen LogP) is 4.66. The summed E-state index contributed by atoms with van der Waals surface area (Å²) in [6.07, 6.45) is 8.04. The lowest BCUT2D eigenvalue weighted by molar-refractivity contribution is 0.0605. The minimum absolute atomic E-state index is 0.0922. The highest BCUT2D eigenvalue weighted by Crippen LogP contribution is 2.37. The Morgan fingerprint density at radius 2 is 2.09 bits per heavy atom. The molecule has 174 valence electrons. The van der Waals surface area contributed by atoms with Gasteiger partial charge in [-0.1, -0.05) is 17.7 Å². The van der Waals surface area contributed by atoms with Gasteiger partial charge in [0, 0.05) is 30.8 Å². The Morgan fingerprint density at radius 1 is 1.24 bits per heavy atom. The summed E-state index contributed by atoms with van der Waals surface area (Å²) in [5, 5.41) is 5.19. The van der Waals surface area contributed by atoms with Gasteiger partial charge in [0.2, 0.25) is 0 Å². The number of nitrogens with two attached hydrogens (primary N) is 1. The van der Waals surface area contributed by atoms with Crippen LogP contribution in [0.15, 0.2) is 30.5 Å². The van der Waals surface area contributed by atoms with Crippen molar-refractivity contribution in [2.75, 3.05) is 13.7 Å². The second-order valence-corrected chi connectivity index (χ2v) is 9.66. The molecule has 1 aromatic carbocycles. The van der Waals surface area contributed by atoms with Crippen molar-refractivity contribution in [1.29, 1.82) is 0 Å². The number of hydrogen-bond acceptors (Lipinski definition) is 5. The Bertz CT molecular complexity index is 1190. The molecule has 2 N–H and O–H groups in total. The number of ether oxygens (including phenoxy) is 1. The van der Waals surface area contributed by atoms with E-state index in [0.29, 0.717) is 28.8 Å². The van der Waals surface area contributed by atoms with Crippen molar-refractivity contribution in [1.82, 2.24) is 19.5 Å². The third-order valence-electron chi connectivity index (χ3n) is 7.07. The number of likely N-dealkylation sites (tertiary alicyclic amines) is 1. The van der Waals surface area contributed by atoms with E-state index in [0.717, 1.165) is 61.1 Å². The number of carbonyl (C=O) groups excluding carboxylic acids is 1. The number of piperidine rings is 1. The van der Waals surface area contributed by atoms with Crippen LogP contribution < -0.4 is 10.5 Å². The first kappa shape index (κ1) is 22.2. The molecule has 1 amide bonds. The van der Waals surface area contributed by atoms with E-state index < -0.39 is 0 Å². The average Bonchev–Trinajstić information content (AvgIpc) is 3.44. The molecule has 1 saturated carbocycles. The number of benzene rings is 1. The van der Waals surface area contributed by atoms with Crippen LogP contribution in [0.25, 0.3) is 5.65 Å². The summed E-state index contributed by atoms with van der Waals surface area (Å²) in [4.78, 5) is 20.4. The number of methoxy groups -OCH3 is 1. The number of carbonyl (C=O) groups is 1. The van der Waals surface area contributed by atoms with Gasteiger partial charge in [-0.25, -0.2) is 9.50 Å². The fraction of sp³-hybridized carbons (Fsp3) is 0.480. The number of aromatic nitrogens is 3. The quantitative estimate of drug-likeness (QED) is 0.603. The Labute approximate surface area is 198 Å². The lowest BCUT2D eigenvalue weighted by atomic mass is 9.98. The summed E-state index contributed by atoms with van der Waals surface area (Å²) in [6.45, 7) is 2.76. The third-order valence-corrected chi connectivity index (χ3v) is 7.46. The Kier molecular flexibility index (Phi) is 6.01. The van der Waals surface area contributed by atoms with Crippen molar-refractivity contribution in [3.8, 4) is 5.75 Å². The van der Waals surface area contributed by atoms with E-state index in [1.165, 1.54) is 0 Å². The molecule has 3 heterocycles. The first-order chi connectivity index (χ1) is 16.0. The summed E-state index contributed by atoms with van der Waals surface area (Å²) in [5.74, 6) is 0.819. The van der Waals surface area contributed by atoms with E-state index in [2.05, 4.69) is 13.1 Å². The number of nitrogens with zero attached hydrogens (tertiary/aromatic N) is 4. The molecule has 1 aliphatic heterocycles. The summed E-state index contributed by atoms with van der Waals surface area (Å²) in [5.41, 5.74) is 10.6. The summed E-state index contributed by atoms with van der Waals surface area (Å²) in [7, 11) is 1.55. The number of aryl methyl sites for hydroxylation is 1. The molecule has 1 unspecified atom stereocenters. The van der Waals surface area contributed by atoms with Crippen LogP contribution in [0, 0.1) is 6.92 Å². The molecule has 2 aromatic heterocycles. The molecule has 1 aliphatic carbocycles. The zero-order chi connectivity index (χ0) is 23.1. The Morgan fingerprint density at radius 3 is 2.85 bits per heavy atom. The van der Waals surface area contributed by atoms with Crippen molar-refractivity contribution >= 4 is 23.2 Å². The van der Waals surface area contributed by atoms with Gasteiger partial charge >= 0.3 is 0 Å². The molecule has 3 atom stereocenters. The van der Waals surface area contributed by atoms with E-state index >= 15 is 0 Å². The van der Waals surface area contributed by atoms with Gasteiger partial charge in [-0.2, -0.15) is 5.10 Å². The number of amides is 1. The summed E-state index contributed by atoms with van der Waals surface area (Å²) >= 11 is 6.48. The van der Waals surface area contributed by atoms with Crippen molar-refractivity contribution in [2.24, 2.45) is 5.73 Å². The van der Waals surface area contributed by atoms with E-state index in [9.17, 15) is 4.79 Å². The molecule has 1 saturated heterocycles. The molecular formula is C25H30ClN5O2. The van der Waals surface area contributed by atoms with E-state index in [1.807, 2.05) is 15.5 Å². The fourth-order valence-electron chi connectivity index (χ4n) is 5.35. The number of hydrogen-bond donors (Lipinski definition) is 1. The zero-order valence-corrected chi connectivity index (χ0v) is 19.9. The maximum absolute atomic E-state index is 13.5. The highest BCUT2D eigenvalue weighted by Gasteiger charge is 2.32. The van der Waals surface area contributed by atoms with Gasteiger partial charge < -0.3 is 15.4 Å². The van der Waals surface area contributed by atoms with Crippen LogP contribution in [0.4, 0.5) is 0 Å². The number of fused-ring (bicyclic) bond motifs is 1. The molecular weight excluding hydrogens is 438 g/mol. The second kappa shape index (κ2) is 8.95. The lowest BCUT2D eigenvalue weighted by Gasteiger charge is -2.35. The Balaban J connectivity index is 1.48. The smallest absolute Gasteiger partial charge is 0.256 e. The monoisotopic (exact) mass is 467 g/mol. The van der Waals surface area contributed by atoms with E-state index in [-0.39, 0.29) is 18.0 Å². The van der Waals surface area contributed by atoms with Gasteiger partial charge in [0.1, 0.15) is 5.75 Å². The topological polar surface area (TPSA) is 85.8 Å². The normalized spacial score (nSPS) is 23.3. The molecule has 7 nitrogen and oxygen atoms in total. The average molecular weight is 468 g/mol. The summed E-state index contributed by atoms with van der Waals surface area (Å²) < 4.78 is 7.16. The fourth-order valence-corrected chi connectivity index (χ4v) is 5.64. The molecule has 33 heavy (non-hydrogen) atoms. The minimum Gasteiger partial charge on any atom is -0.495 e. The van der Waals surface area contributed by atoms with Crippen molar-refractivity contribution in [3.05, 3.63) is 58.0 Å². The first-order valence-corrected chi connectivity index (χ1v) is 12.1. The number of rotatable bonds is 4. The highest BCUT2D eigenvalue weighted by molar-refractivity contribution is 6.35. The van der Waals surface area contributed by atoms with Crippen molar-refractivity contribution in [2.45, 2.75) is 63.5 Å². The van der Waals surface area contributed by atoms with Gasteiger partial charge in [-0.15, -0.1) is 0 Å². The van der Waals surface area contributed by atoms with Gasteiger partial charge in [0.25, 0.3) is 5.91 Å². The molecule has 2 aliphatic rings. The first-order valence-electron chi connectivity index (χ1n) is 11.7. The third kappa shape index (κ3) is 4.08. The van der Waals surface area contributed by atoms with Crippen LogP contribution in [-0.2, 0) is 0 Å². The maximum atomic E-state index is 13.5. The minimum atomic E-state index is -0.112. The van der Waals surface area contributed by atoms with E-state index in [1.54, 1.807) is 25.3 Å². The van der Waals surface area contributed by atoms with Crippen LogP contribution in [0.3, 0.4) is 0 Å². The van der Waals surface area contributed by atoms with Crippen LogP contribution in [0.2, 0.25) is 5.02 Å². The molecule has 0 bridgehead atoms. The van der Waals surface area contributed by atoms with Crippen LogP contribution in [0.5, 0.6) is 5.75 Å². The number of halogens is 1. The molecule has 5 rings (SSSR count). The highest BCUT2D eigenvalue weighted by atomic mass is 35.5.